The fourth-order valence-corrected chi connectivity index (χ4v) is 6.23. The third kappa shape index (κ3) is 7.47. The van der Waals surface area contributed by atoms with Crippen molar-refractivity contribution in [2.24, 2.45) is 17.8 Å². The summed E-state index contributed by atoms with van der Waals surface area (Å²) in [7, 11) is 0. The van der Waals surface area contributed by atoms with Crippen molar-refractivity contribution < 1.29 is 19.4 Å². The first-order chi connectivity index (χ1) is 17.9. The molecule has 0 amide bonds. The highest BCUT2D eigenvalue weighted by atomic mass is 16.6. The molecule has 0 aliphatic heterocycles. The zero-order chi connectivity index (χ0) is 26.2. The predicted molar refractivity (Wildman–Crippen MR) is 150 cm³/mol. The number of hydrogen-bond acceptors (Lipinski definition) is 4. The van der Waals surface area contributed by atoms with Crippen LogP contribution < -0.4 is 4.74 Å². The number of carbonyl (C=O) groups excluding carboxylic acids is 1. The Morgan fingerprint density at radius 3 is 2.14 bits per heavy atom. The highest BCUT2D eigenvalue weighted by molar-refractivity contribution is 5.86. The molecule has 2 aromatic carbocycles. The average molecular weight is 505 g/mol. The SMILES string of the molecule is C=C(C)C(=O)OCCOc1cc(-c2ccc(C3CCC(C4CCC(C)CC4)CC3)cc2)ccc1CCO. The van der Waals surface area contributed by atoms with Crippen LogP contribution in [-0.4, -0.2) is 30.9 Å². The maximum atomic E-state index is 11.6. The Morgan fingerprint density at radius 2 is 1.51 bits per heavy atom. The van der Waals surface area contributed by atoms with Gasteiger partial charge in [-0.15, -0.1) is 0 Å². The summed E-state index contributed by atoms with van der Waals surface area (Å²) < 4.78 is 11.1. The Balaban J connectivity index is 1.35. The lowest BCUT2D eigenvalue weighted by Gasteiger charge is -2.37. The Hall–Kier alpha value is -2.59. The number of esters is 1. The van der Waals surface area contributed by atoms with Crippen LogP contribution in [0.4, 0.5) is 0 Å². The van der Waals surface area contributed by atoms with E-state index in [1.165, 1.54) is 56.9 Å². The van der Waals surface area contributed by atoms with E-state index in [2.05, 4.69) is 43.8 Å². The van der Waals surface area contributed by atoms with E-state index in [0.29, 0.717) is 17.9 Å². The molecule has 0 radical (unpaired) electrons. The van der Waals surface area contributed by atoms with Crippen molar-refractivity contribution >= 4 is 5.97 Å². The molecular weight excluding hydrogens is 460 g/mol. The van der Waals surface area contributed by atoms with Gasteiger partial charge < -0.3 is 14.6 Å². The topological polar surface area (TPSA) is 55.8 Å². The minimum Gasteiger partial charge on any atom is -0.490 e. The molecule has 0 aromatic heterocycles. The molecular formula is C33H44O4. The van der Waals surface area contributed by atoms with Crippen LogP contribution in [0.2, 0.25) is 0 Å². The zero-order valence-electron chi connectivity index (χ0n) is 22.7. The molecule has 2 saturated carbocycles. The second-order valence-electron chi connectivity index (χ2n) is 11.3. The molecule has 0 spiro atoms. The highest BCUT2D eigenvalue weighted by Crippen LogP contribution is 2.44. The number of ether oxygens (including phenoxy) is 2. The Morgan fingerprint density at radius 1 is 0.892 bits per heavy atom. The van der Waals surface area contributed by atoms with E-state index >= 15 is 0 Å². The van der Waals surface area contributed by atoms with Crippen LogP contribution in [0.1, 0.15) is 82.3 Å². The molecule has 2 aromatic rings. The van der Waals surface area contributed by atoms with Gasteiger partial charge in [0.2, 0.25) is 0 Å². The molecule has 4 rings (SSSR count). The van der Waals surface area contributed by atoms with Crippen LogP contribution >= 0.6 is 0 Å². The van der Waals surface area contributed by atoms with Crippen LogP contribution in [0, 0.1) is 17.8 Å². The van der Waals surface area contributed by atoms with Crippen LogP contribution in [0.3, 0.4) is 0 Å². The van der Waals surface area contributed by atoms with E-state index in [-0.39, 0.29) is 19.8 Å². The van der Waals surface area contributed by atoms with E-state index in [1.54, 1.807) is 6.92 Å². The third-order valence-corrected chi connectivity index (χ3v) is 8.59. The van der Waals surface area contributed by atoms with E-state index in [1.807, 2.05) is 12.1 Å². The first-order valence-electron chi connectivity index (χ1n) is 14.2. The van der Waals surface area contributed by atoms with Crippen molar-refractivity contribution in [3.05, 3.63) is 65.7 Å². The number of rotatable bonds is 10. The normalized spacial score (nSPS) is 23.9. The van der Waals surface area contributed by atoms with Crippen molar-refractivity contribution in [3.63, 3.8) is 0 Å². The van der Waals surface area contributed by atoms with Crippen molar-refractivity contribution in [3.8, 4) is 16.9 Å². The van der Waals surface area contributed by atoms with Gasteiger partial charge in [-0.3, -0.25) is 0 Å². The Bertz CT molecular complexity index is 1020. The van der Waals surface area contributed by atoms with Gasteiger partial charge in [0.05, 0.1) is 0 Å². The molecule has 4 heteroatoms. The number of aliphatic hydroxyl groups excluding tert-OH is 1. The van der Waals surface area contributed by atoms with Crippen LogP contribution in [0.15, 0.2) is 54.6 Å². The number of carbonyl (C=O) groups is 1. The summed E-state index contributed by atoms with van der Waals surface area (Å²) in [6, 6.07) is 15.2. The molecule has 0 atom stereocenters. The molecule has 2 aliphatic rings. The van der Waals surface area contributed by atoms with E-state index in [4.69, 9.17) is 9.47 Å². The number of hydrogen-bond donors (Lipinski definition) is 1. The molecule has 37 heavy (non-hydrogen) atoms. The maximum Gasteiger partial charge on any atom is 0.333 e. The fourth-order valence-electron chi connectivity index (χ4n) is 6.23. The predicted octanol–water partition coefficient (Wildman–Crippen LogP) is 7.49. The molecule has 0 unspecified atom stereocenters. The van der Waals surface area contributed by atoms with Crippen LogP contribution in [-0.2, 0) is 16.0 Å². The first kappa shape index (κ1) is 27.4. The molecule has 2 aliphatic carbocycles. The summed E-state index contributed by atoms with van der Waals surface area (Å²) in [5.41, 5.74) is 5.02. The summed E-state index contributed by atoms with van der Waals surface area (Å²) >= 11 is 0. The lowest BCUT2D eigenvalue weighted by molar-refractivity contribution is -0.139. The van der Waals surface area contributed by atoms with Crippen molar-refractivity contribution in [2.45, 2.75) is 77.6 Å². The number of benzene rings is 2. The lowest BCUT2D eigenvalue weighted by Crippen LogP contribution is -2.24. The smallest absolute Gasteiger partial charge is 0.333 e. The van der Waals surface area contributed by atoms with Crippen LogP contribution in [0.25, 0.3) is 11.1 Å². The third-order valence-electron chi connectivity index (χ3n) is 8.59. The van der Waals surface area contributed by atoms with Gasteiger partial charge in [0.25, 0.3) is 0 Å². The number of aliphatic hydroxyl groups is 1. The summed E-state index contributed by atoms with van der Waals surface area (Å²) in [6.45, 7) is 8.10. The van der Waals surface area contributed by atoms with Gasteiger partial charge in [-0.05, 0) is 104 Å². The van der Waals surface area contributed by atoms with Crippen molar-refractivity contribution in [2.75, 3.05) is 19.8 Å². The van der Waals surface area contributed by atoms with Gasteiger partial charge in [0, 0.05) is 12.2 Å². The molecule has 2 fully saturated rings. The summed E-state index contributed by atoms with van der Waals surface area (Å²) in [5, 5.41) is 9.46. The average Bonchev–Trinajstić information content (AvgIpc) is 2.92. The van der Waals surface area contributed by atoms with E-state index < -0.39 is 5.97 Å². The zero-order valence-corrected chi connectivity index (χ0v) is 22.7. The molecule has 4 nitrogen and oxygen atoms in total. The Kier molecular flexibility index (Phi) is 9.85. The fraction of sp³-hybridized carbons (Fsp3) is 0.545. The largest absolute Gasteiger partial charge is 0.490 e. The summed E-state index contributed by atoms with van der Waals surface area (Å²) in [6.07, 6.45) is 11.7. The standard InChI is InChI=1S/C33H44O4/c1-23(2)33(35)37-21-20-36-32-22-31(17-16-30(32)18-19-34)29-14-12-28(13-15-29)27-10-8-26(9-11-27)25-6-4-24(3)5-7-25/h12-17,22,24-27,34H,1,4-11,18-21H2,2-3H3. The van der Waals surface area contributed by atoms with Crippen molar-refractivity contribution in [1.29, 1.82) is 0 Å². The molecule has 0 saturated heterocycles. The van der Waals surface area contributed by atoms with Gasteiger partial charge in [-0.1, -0.05) is 62.7 Å². The molecule has 200 valence electrons. The Labute approximate surface area is 223 Å². The molecule has 0 bridgehead atoms. The molecule has 1 N–H and O–H groups in total. The van der Waals surface area contributed by atoms with Crippen molar-refractivity contribution in [1.82, 2.24) is 0 Å². The second kappa shape index (κ2) is 13.3. The summed E-state index contributed by atoms with van der Waals surface area (Å²) in [4.78, 5) is 11.6. The highest BCUT2D eigenvalue weighted by Gasteiger charge is 2.30. The summed E-state index contributed by atoms with van der Waals surface area (Å²) in [5.74, 6) is 3.85. The van der Waals surface area contributed by atoms with Gasteiger partial charge in [0.15, 0.2) is 0 Å². The first-order valence-corrected chi connectivity index (χ1v) is 14.2. The quantitative estimate of drug-likeness (QED) is 0.207. The maximum absolute atomic E-state index is 11.6. The monoisotopic (exact) mass is 504 g/mol. The van der Waals surface area contributed by atoms with Gasteiger partial charge >= 0.3 is 5.97 Å². The van der Waals surface area contributed by atoms with Gasteiger partial charge in [-0.25, -0.2) is 4.79 Å². The van der Waals surface area contributed by atoms with E-state index in [0.717, 1.165) is 40.2 Å². The molecule has 0 heterocycles. The van der Waals surface area contributed by atoms with Gasteiger partial charge in [0.1, 0.15) is 19.0 Å². The van der Waals surface area contributed by atoms with E-state index in [9.17, 15) is 9.90 Å². The minimum atomic E-state index is -0.412. The minimum absolute atomic E-state index is 0.0527. The second-order valence-corrected chi connectivity index (χ2v) is 11.3. The lowest BCUT2D eigenvalue weighted by atomic mass is 9.68. The van der Waals surface area contributed by atoms with Gasteiger partial charge in [-0.2, -0.15) is 0 Å². The van der Waals surface area contributed by atoms with Crippen LogP contribution in [0.5, 0.6) is 5.75 Å².